The van der Waals surface area contributed by atoms with Gasteiger partial charge in [-0.25, -0.2) is 41.3 Å². The summed E-state index contributed by atoms with van der Waals surface area (Å²) >= 11 is 0. The lowest BCUT2D eigenvalue weighted by atomic mass is 10.1. The number of nitrogens with zero attached hydrogens (tertiary/aromatic N) is 16. The molecular weight excluding hydrogens is 1820 g/mol. The molecule has 1 aliphatic heterocycles. The van der Waals surface area contributed by atoms with Gasteiger partial charge < -0.3 is 134 Å². The smallest absolute Gasteiger partial charge is 0.500 e. The predicted octanol–water partition coefficient (Wildman–Crippen LogP) is 4.31. The average Bonchev–Trinajstić information content (AvgIpc) is 1.19. The zero-order chi connectivity index (χ0) is 90.8. The van der Waals surface area contributed by atoms with Gasteiger partial charge in [0, 0.05) is 142 Å². The second-order valence-corrected chi connectivity index (χ2v) is 44.9. The normalized spacial score (nSPS) is 14.6. The molecule has 1 saturated heterocycles. The number of nitrogens with two attached hydrogens (primary N) is 2. The van der Waals surface area contributed by atoms with Crippen molar-refractivity contribution in [1.82, 2.24) is 18.3 Å². The van der Waals surface area contributed by atoms with Crippen LogP contribution in [-0.4, -0.2) is 163 Å². The van der Waals surface area contributed by atoms with Gasteiger partial charge in [0.25, 0.3) is 0 Å². The molecule has 5 heterocycles. The third kappa shape index (κ3) is 40.7. The number of azo groups is 4. The van der Waals surface area contributed by atoms with E-state index in [0.29, 0.717) is 96.0 Å². The molecule has 35 nitrogen and oxygen atoms in total. The Morgan fingerprint density at radius 1 is 0.434 bits per heavy atom. The number of carbonyl (C=O) groups is 1. The molecule has 1 atom stereocenters. The summed E-state index contributed by atoms with van der Waals surface area (Å²) in [7, 11) is 7.57. The number of unbranched alkanes of at least 4 members (excludes halogenated alkanes) is 9. The number of halogens is 4. The quantitative estimate of drug-likeness (QED) is 0.00885. The minimum Gasteiger partial charge on any atom is -1.00 e. The zero-order valence-electron chi connectivity index (χ0n) is 78.7. The highest BCUT2D eigenvalue weighted by Gasteiger charge is 2.70. The van der Waals surface area contributed by atoms with Crippen LogP contribution in [0.5, 0.6) is 5.75 Å². The lowest BCUT2D eigenvalue weighted by Gasteiger charge is -2.52. The molecule has 7 N–H and O–H groups in total. The van der Waals surface area contributed by atoms with E-state index in [0.717, 1.165) is 101 Å². The van der Waals surface area contributed by atoms with E-state index in [1.807, 2.05) is 260 Å². The van der Waals surface area contributed by atoms with Crippen LogP contribution >= 0.6 is 0 Å². The molecular formula is C85H143Cl4N21O14Si5. The molecule has 0 amide bonds. The monoisotopic (exact) mass is 1960 g/mol. The molecule has 44 heteroatoms. The van der Waals surface area contributed by atoms with Crippen LogP contribution in [0.25, 0.3) is 0 Å². The summed E-state index contributed by atoms with van der Waals surface area (Å²) in [6.07, 6.45) is 33.2. The van der Waals surface area contributed by atoms with Crippen LogP contribution in [0.1, 0.15) is 124 Å². The van der Waals surface area contributed by atoms with Crippen LogP contribution in [0, 0.1) is 0 Å². The van der Waals surface area contributed by atoms with Crippen LogP contribution < -0.4 is 100 Å². The molecule has 0 aliphatic carbocycles. The fourth-order valence-electron chi connectivity index (χ4n) is 13.1. The van der Waals surface area contributed by atoms with Gasteiger partial charge in [-0.15, -0.1) is 0 Å². The molecule has 4 aromatic carbocycles. The predicted molar refractivity (Wildman–Crippen MR) is 495 cm³/mol. The topological polar surface area (TPSA) is 359 Å². The molecule has 8 aromatic rings. The van der Waals surface area contributed by atoms with Gasteiger partial charge in [-0.1, -0.05) is 91.7 Å². The summed E-state index contributed by atoms with van der Waals surface area (Å²) in [5, 5.41) is 45.0. The van der Waals surface area contributed by atoms with Crippen molar-refractivity contribution in [3.8, 4) is 5.75 Å². The van der Waals surface area contributed by atoms with Gasteiger partial charge in [0.1, 0.15) is 28.5 Å². The molecule has 1 aliphatic rings. The molecule has 0 saturated carbocycles. The van der Waals surface area contributed by atoms with Crippen molar-refractivity contribution in [3.05, 3.63) is 159 Å². The highest BCUT2D eigenvalue weighted by Crippen LogP contribution is 2.43. The Balaban J connectivity index is 0.000000688. The fourth-order valence-corrected chi connectivity index (χ4v) is 33.8. The van der Waals surface area contributed by atoms with Crippen LogP contribution in [-0.2, 0) is 113 Å². The standard InChI is InChI=1S/C38H64N12O8Si4.C20H33N5O3Si.C15H28O2.C12H15N4O.4ClH/c1-47-25-26-48(2)37(47)45-43-35-17-13-33(14-18-35)41-23-11-31-60(53-7,55-59(51-5,52-6)29-9-21-39)56-62(30-10-22-40)57-61(54-8,58-62)32-12-24-42-34-15-19-36(20-16-34)44-46-38-49(3)27-28-50(38)4;1-6-26-29(27-7-2,28-8-3)17-9-14-21-18-10-12-19(13-11-18)22-23-20-24(4)15-16-25(20)5;1-3-5-6-7-8-9-10-11-12-13-14-17-15(16)4-2;1-15-8-9-16(2)12(15)14-13-10-4-6-11(17-3)7-5-10;;;;/h13-20,25-28H,9-12,21-24,29-32,39-40H2,1-8H3;10-13,15-16H,6-9,14,17H2,1-5H3;4H,2-3,5-14H2,1H3;4-9H,1-3H3;4*1H/q;;;+1;;;;/p-1. The van der Waals surface area contributed by atoms with Crippen molar-refractivity contribution in [2.75, 3.05) is 111 Å². The third-order valence-electron chi connectivity index (χ3n) is 20.1. The Bertz CT molecular complexity index is 4410. The maximum absolute atomic E-state index is 10.7. The number of anilines is 3. The molecule has 720 valence electrons. The molecule has 129 heavy (non-hydrogen) atoms. The average molecular weight is 1970 g/mol. The highest BCUT2D eigenvalue weighted by atomic mass is 35.5. The zero-order valence-corrected chi connectivity index (χ0v) is 86.7. The Kier molecular flexibility index (Phi) is 58.4. The molecule has 0 spiro atoms. The molecule has 1 fully saturated rings. The lowest BCUT2D eigenvalue weighted by Crippen LogP contribution is -3.00. The van der Waals surface area contributed by atoms with E-state index in [2.05, 4.69) is 70.4 Å². The molecule has 9 rings (SSSR count). The minimum atomic E-state index is -3.63. The van der Waals surface area contributed by atoms with Crippen LogP contribution in [0.3, 0.4) is 0 Å². The second kappa shape index (κ2) is 64.2. The van der Waals surface area contributed by atoms with Crippen molar-refractivity contribution < 1.29 is 130 Å². The third-order valence-corrected chi connectivity index (χ3v) is 39.6. The Morgan fingerprint density at radius 3 is 1.09 bits per heavy atom. The first-order valence-electron chi connectivity index (χ1n) is 43.4. The molecule has 0 bridgehead atoms. The first-order chi connectivity index (χ1) is 60.4. The summed E-state index contributed by atoms with van der Waals surface area (Å²) in [6, 6.07) is 33.8. The van der Waals surface area contributed by atoms with Gasteiger partial charge in [0.05, 0.1) is 120 Å². The van der Waals surface area contributed by atoms with Crippen molar-refractivity contribution >= 4 is 114 Å². The Labute approximate surface area is 795 Å². The number of benzene rings is 4. The summed E-state index contributed by atoms with van der Waals surface area (Å²) in [4.78, 5) is 10.7. The summed E-state index contributed by atoms with van der Waals surface area (Å²) in [5.74, 6) is 3.58. The number of hydrogen-bond donors (Lipinski definition) is 5. The van der Waals surface area contributed by atoms with Gasteiger partial charge in [-0.2, -0.15) is 0 Å². The van der Waals surface area contributed by atoms with Gasteiger partial charge in [-0.3, -0.25) is 0 Å². The second-order valence-electron chi connectivity index (χ2n) is 29.8. The number of nitrogens with one attached hydrogen (secondary N) is 3. The number of ether oxygens (including phenoxy) is 2. The van der Waals surface area contributed by atoms with Gasteiger partial charge in [0.2, 0.25) is 0 Å². The maximum atomic E-state index is 10.7. The van der Waals surface area contributed by atoms with Crippen molar-refractivity contribution in [1.29, 1.82) is 0 Å². The molecule has 1 unspecified atom stereocenters. The summed E-state index contributed by atoms with van der Waals surface area (Å²) < 4.78 is 94.9. The lowest BCUT2D eigenvalue weighted by molar-refractivity contribution is -0.657. The number of imidazole rings is 4. The Hall–Kier alpha value is -7.75. The van der Waals surface area contributed by atoms with E-state index in [4.69, 9.17) is 68.4 Å². The summed E-state index contributed by atoms with van der Waals surface area (Å²) in [5.41, 5.74) is 18.0. The first kappa shape index (κ1) is 117. The number of rotatable bonds is 56. The number of esters is 1. The Morgan fingerprint density at radius 2 is 0.767 bits per heavy atom. The van der Waals surface area contributed by atoms with Gasteiger partial charge in [-0.05, 0) is 169 Å². The number of hydrogen-bond acceptors (Lipinski definition) is 27. The number of aryl methyl sites for hydroxylation is 8. The van der Waals surface area contributed by atoms with Crippen molar-refractivity contribution in [2.24, 2.45) is 109 Å². The van der Waals surface area contributed by atoms with Gasteiger partial charge >= 0.3 is 73.8 Å². The maximum Gasteiger partial charge on any atom is 0.500 e. The molecule has 4 aromatic heterocycles. The fraction of sp³-hybridized carbons (Fsp3) is 0.541. The number of aromatic nitrogens is 8. The minimum absolute atomic E-state index is 0. The SMILES string of the molecule is C=CC(=O)OCCCCCCCCCCCC.CCO[Si](CCCNc1ccc(N=Nc2n(C)cc[n+]2C)cc1)(OCC)OCC.CO[Si](CCCN)(OC)O[Si](CCCNc1ccc(N=Nc2n(C)cc[n+]2C)cc1)(OC)O[Si]1(CCCN)O[Si](CCCNc2ccc(N=Nc3n(C)cc[n+]3C)cc2)(OC)O1.COc1ccc(N=Nc2n(C)cc[n+]2C)cc1.[Cl-].[Cl-].[Cl-].[Cl-]. The van der Waals surface area contributed by atoms with E-state index in [1.54, 1.807) is 35.5 Å². The highest BCUT2D eigenvalue weighted by molar-refractivity contribution is 6.92. The van der Waals surface area contributed by atoms with Crippen molar-refractivity contribution in [3.63, 3.8) is 0 Å². The van der Waals surface area contributed by atoms with Crippen LogP contribution in [0.15, 0.2) is 200 Å². The molecule has 0 radical (unpaired) electrons. The van der Waals surface area contributed by atoms with Crippen LogP contribution in [0.2, 0.25) is 30.2 Å². The first-order valence-corrected chi connectivity index (χ1v) is 53.1. The largest absolute Gasteiger partial charge is 1.00 e. The van der Waals surface area contributed by atoms with Crippen molar-refractivity contribution in [2.45, 2.75) is 154 Å². The van der Waals surface area contributed by atoms with Crippen LogP contribution in [0.4, 0.5) is 63.6 Å². The van der Waals surface area contributed by atoms with E-state index >= 15 is 0 Å². The number of carbonyl (C=O) groups excluding carboxylic acids is 1. The van der Waals surface area contributed by atoms with E-state index in [9.17, 15) is 4.79 Å². The van der Waals surface area contributed by atoms with E-state index < -0.39 is 44.0 Å². The van der Waals surface area contributed by atoms with E-state index in [-0.39, 0.29) is 55.6 Å². The van der Waals surface area contributed by atoms with E-state index in [1.165, 1.54) is 63.9 Å². The number of methoxy groups -OCH3 is 1. The summed E-state index contributed by atoms with van der Waals surface area (Å²) in [6.45, 7) is 16.9. The van der Waals surface area contributed by atoms with Gasteiger partial charge in [0.15, 0.2) is 0 Å².